The largest absolute Gasteiger partial charge is 0.506 e. The normalized spacial score (nSPS) is 9.75. The zero-order valence-corrected chi connectivity index (χ0v) is 8.31. The lowest BCUT2D eigenvalue weighted by molar-refractivity contribution is 0.261. The minimum absolute atomic E-state index is 0.0112. The third kappa shape index (κ3) is 2.33. The number of urea groups is 1. The molecule has 1 aromatic heterocycles. The molecule has 2 amide bonds. The number of aromatic hydroxyl groups is 1. The highest BCUT2D eigenvalue weighted by Gasteiger charge is 2.06. The molecule has 0 saturated heterocycles. The molecular formula is C11H10N2O3. The van der Waals surface area contributed by atoms with E-state index in [1.807, 2.05) is 0 Å². The van der Waals surface area contributed by atoms with Gasteiger partial charge in [0.25, 0.3) is 0 Å². The fourth-order valence-electron chi connectivity index (χ4n) is 1.19. The van der Waals surface area contributed by atoms with Crippen molar-refractivity contribution in [2.45, 2.75) is 0 Å². The molecule has 0 spiro atoms. The van der Waals surface area contributed by atoms with Crippen molar-refractivity contribution >= 4 is 17.6 Å². The van der Waals surface area contributed by atoms with E-state index < -0.39 is 6.03 Å². The number of carbonyl (C=O) groups is 1. The fourth-order valence-corrected chi connectivity index (χ4v) is 1.19. The van der Waals surface area contributed by atoms with Gasteiger partial charge in [-0.3, -0.25) is 5.32 Å². The summed E-state index contributed by atoms with van der Waals surface area (Å²) in [7, 11) is 0. The van der Waals surface area contributed by atoms with Gasteiger partial charge in [-0.2, -0.15) is 0 Å². The van der Waals surface area contributed by atoms with Crippen molar-refractivity contribution in [1.82, 2.24) is 0 Å². The lowest BCUT2D eigenvalue weighted by Crippen LogP contribution is -2.18. The first kappa shape index (κ1) is 10.1. The van der Waals surface area contributed by atoms with Crippen LogP contribution in [0.5, 0.6) is 5.75 Å². The molecule has 0 aliphatic carbocycles. The Morgan fingerprint density at radius 2 is 1.94 bits per heavy atom. The van der Waals surface area contributed by atoms with E-state index in [2.05, 4.69) is 10.6 Å². The van der Waals surface area contributed by atoms with Gasteiger partial charge in [0.05, 0.1) is 12.0 Å². The van der Waals surface area contributed by atoms with Gasteiger partial charge < -0.3 is 14.8 Å². The molecular weight excluding hydrogens is 208 g/mol. The number of phenols is 1. The Labute approximate surface area is 91.7 Å². The van der Waals surface area contributed by atoms with Crippen LogP contribution in [0.25, 0.3) is 0 Å². The number of para-hydroxylation sites is 2. The number of carbonyl (C=O) groups excluding carboxylic acids is 1. The molecule has 0 fully saturated rings. The third-order valence-electron chi connectivity index (χ3n) is 1.91. The number of benzene rings is 1. The second-order valence-electron chi connectivity index (χ2n) is 3.07. The van der Waals surface area contributed by atoms with Gasteiger partial charge in [0.1, 0.15) is 5.75 Å². The molecule has 2 aromatic rings. The number of furan rings is 1. The Morgan fingerprint density at radius 1 is 1.12 bits per heavy atom. The zero-order chi connectivity index (χ0) is 11.4. The number of anilines is 2. The van der Waals surface area contributed by atoms with E-state index in [1.54, 1.807) is 30.3 Å². The molecule has 0 radical (unpaired) electrons. The Hall–Kier alpha value is -2.43. The van der Waals surface area contributed by atoms with E-state index in [0.29, 0.717) is 11.6 Å². The van der Waals surface area contributed by atoms with Crippen molar-refractivity contribution in [2.75, 3.05) is 10.6 Å². The number of phenolic OH excluding ortho intramolecular Hbond substituents is 1. The Balaban J connectivity index is 2.00. The molecule has 82 valence electrons. The molecule has 5 nitrogen and oxygen atoms in total. The summed E-state index contributed by atoms with van der Waals surface area (Å²) in [6.45, 7) is 0. The highest BCUT2D eigenvalue weighted by Crippen LogP contribution is 2.21. The average Bonchev–Trinajstić information content (AvgIpc) is 2.74. The van der Waals surface area contributed by atoms with Crippen LogP contribution in [0.15, 0.2) is 47.1 Å². The molecule has 1 heterocycles. The van der Waals surface area contributed by atoms with E-state index >= 15 is 0 Å². The van der Waals surface area contributed by atoms with E-state index in [1.165, 1.54) is 12.3 Å². The van der Waals surface area contributed by atoms with E-state index in [-0.39, 0.29) is 5.75 Å². The summed E-state index contributed by atoms with van der Waals surface area (Å²) in [6, 6.07) is 9.27. The van der Waals surface area contributed by atoms with Gasteiger partial charge in [0, 0.05) is 6.07 Å². The van der Waals surface area contributed by atoms with Crippen LogP contribution < -0.4 is 10.6 Å². The van der Waals surface area contributed by atoms with Crippen molar-refractivity contribution in [2.24, 2.45) is 0 Å². The SMILES string of the molecule is O=C(Nc1ccco1)Nc1ccccc1O. The molecule has 1 aromatic carbocycles. The third-order valence-corrected chi connectivity index (χ3v) is 1.91. The van der Waals surface area contributed by atoms with E-state index in [9.17, 15) is 9.90 Å². The number of hydrogen-bond donors (Lipinski definition) is 3. The highest BCUT2D eigenvalue weighted by atomic mass is 16.3. The summed E-state index contributed by atoms with van der Waals surface area (Å²) >= 11 is 0. The van der Waals surface area contributed by atoms with Gasteiger partial charge in [0.15, 0.2) is 0 Å². The summed E-state index contributed by atoms with van der Waals surface area (Å²) in [4.78, 5) is 11.4. The summed E-state index contributed by atoms with van der Waals surface area (Å²) in [5.41, 5.74) is 0.339. The topological polar surface area (TPSA) is 74.5 Å². The van der Waals surface area contributed by atoms with Gasteiger partial charge in [0.2, 0.25) is 5.88 Å². The summed E-state index contributed by atoms with van der Waals surface area (Å²) in [5, 5.41) is 14.4. The van der Waals surface area contributed by atoms with Crippen LogP contribution in [0, 0.1) is 0 Å². The maximum atomic E-state index is 11.4. The Bertz CT molecular complexity index is 480. The maximum Gasteiger partial charge on any atom is 0.326 e. The van der Waals surface area contributed by atoms with Crippen LogP contribution >= 0.6 is 0 Å². The van der Waals surface area contributed by atoms with Crippen LogP contribution in [0.1, 0.15) is 0 Å². The number of rotatable bonds is 2. The number of nitrogens with one attached hydrogen (secondary N) is 2. The molecule has 2 rings (SSSR count). The first-order valence-electron chi connectivity index (χ1n) is 4.65. The molecule has 0 aliphatic rings. The van der Waals surface area contributed by atoms with E-state index in [0.717, 1.165) is 0 Å². The molecule has 0 saturated carbocycles. The minimum Gasteiger partial charge on any atom is -0.506 e. The van der Waals surface area contributed by atoms with Crippen molar-refractivity contribution in [3.63, 3.8) is 0 Å². The Morgan fingerprint density at radius 3 is 2.62 bits per heavy atom. The molecule has 3 N–H and O–H groups in total. The van der Waals surface area contributed by atoms with Crippen molar-refractivity contribution < 1.29 is 14.3 Å². The van der Waals surface area contributed by atoms with Gasteiger partial charge in [-0.05, 0) is 18.2 Å². The quantitative estimate of drug-likeness (QED) is 0.678. The number of amides is 2. The molecule has 5 heteroatoms. The molecule has 0 aliphatic heterocycles. The predicted molar refractivity (Wildman–Crippen MR) is 59.5 cm³/mol. The zero-order valence-electron chi connectivity index (χ0n) is 8.31. The number of hydrogen-bond acceptors (Lipinski definition) is 3. The minimum atomic E-state index is -0.476. The molecule has 0 atom stereocenters. The van der Waals surface area contributed by atoms with Gasteiger partial charge in [-0.15, -0.1) is 0 Å². The second-order valence-corrected chi connectivity index (χ2v) is 3.07. The van der Waals surface area contributed by atoms with Crippen LogP contribution in [-0.2, 0) is 0 Å². The first-order chi connectivity index (χ1) is 7.75. The van der Waals surface area contributed by atoms with Crippen molar-refractivity contribution in [3.05, 3.63) is 42.7 Å². The van der Waals surface area contributed by atoms with Crippen LogP contribution in [0.3, 0.4) is 0 Å². The van der Waals surface area contributed by atoms with Gasteiger partial charge >= 0.3 is 6.03 Å². The van der Waals surface area contributed by atoms with E-state index in [4.69, 9.17) is 4.42 Å². The monoisotopic (exact) mass is 218 g/mol. The molecule has 0 bridgehead atoms. The molecule has 0 unspecified atom stereocenters. The van der Waals surface area contributed by atoms with Crippen LogP contribution in [0.4, 0.5) is 16.4 Å². The van der Waals surface area contributed by atoms with Crippen molar-refractivity contribution in [3.8, 4) is 5.75 Å². The average molecular weight is 218 g/mol. The first-order valence-corrected chi connectivity index (χ1v) is 4.65. The van der Waals surface area contributed by atoms with Gasteiger partial charge in [-0.25, -0.2) is 4.79 Å². The Kier molecular flexibility index (Phi) is 2.77. The highest BCUT2D eigenvalue weighted by molar-refractivity contribution is 5.99. The van der Waals surface area contributed by atoms with Crippen LogP contribution in [-0.4, -0.2) is 11.1 Å². The lowest BCUT2D eigenvalue weighted by atomic mass is 10.3. The predicted octanol–water partition coefficient (Wildman–Crippen LogP) is 2.63. The van der Waals surface area contributed by atoms with Gasteiger partial charge in [-0.1, -0.05) is 12.1 Å². The van der Waals surface area contributed by atoms with Crippen molar-refractivity contribution in [1.29, 1.82) is 0 Å². The smallest absolute Gasteiger partial charge is 0.326 e. The summed E-state index contributed by atoms with van der Waals surface area (Å²) in [6.07, 6.45) is 1.45. The van der Waals surface area contributed by atoms with Crippen LogP contribution in [0.2, 0.25) is 0 Å². The summed E-state index contributed by atoms with van der Waals surface area (Å²) < 4.78 is 4.94. The maximum absolute atomic E-state index is 11.4. The summed E-state index contributed by atoms with van der Waals surface area (Å²) in [5.74, 6) is 0.352. The molecule has 16 heavy (non-hydrogen) atoms. The standard InChI is InChI=1S/C11H10N2O3/c14-9-5-2-1-4-8(9)12-11(15)13-10-6-3-7-16-10/h1-7,14H,(H2,12,13,15). The lowest BCUT2D eigenvalue weighted by Gasteiger charge is -2.06. The fraction of sp³-hybridized carbons (Fsp3) is 0. The second kappa shape index (κ2) is 4.39.